The average Bonchev–Trinajstić information content (AvgIpc) is 2.83. The van der Waals surface area contributed by atoms with E-state index in [9.17, 15) is 14.4 Å². The van der Waals surface area contributed by atoms with Gasteiger partial charge in [-0.05, 0) is 35.7 Å². The summed E-state index contributed by atoms with van der Waals surface area (Å²) in [5.74, 6) is -0.700. The van der Waals surface area contributed by atoms with Gasteiger partial charge < -0.3 is 16.0 Å². The third-order valence-electron chi connectivity index (χ3n) is 5.04. The minimum absolute atomic E-state index is 0.244. The molecular weight excluding hydrogens is 414 g/mol. The summed E-state index contributed by atoms with van der Waals surface area (Å²) >= 11 is 0. The number of para-hydroxylation sites is 1. The lowest BCUT2D eigenvalue weighted by Crippen LogP contribution is -2.48. The average molecular weight is 444 g/mol. The van der Waals surface area contributed by atoms with E-state index in [2.05, 4.69) is 16.0 Å². The third-order valence-corrected chi connectivity index (χ3v) is 5.04. The number of carbonyl (C=O) groups excluding carboxylic acids is 3. The lowest BCUT2D eigenvalue weighted by Gasteiger charge is -2.20. The van der Waals surface area contributed by atoms with Gasteiger partial charge in [0.15, 0.2) is 0 Å². The van der Waals surface area contributed by atoms with Crippen molar-refractivity contribution in [3.05, 3.63) is 102 Å². The molecule has 0 aliphatic carbocycles. The SMILES string of the molecule is CC(C)CNC(=O)[C@@H](Cc1ccccc1)NC(=O)c1ccccc1NC(=O)c1ccccc1. The summed E-state index contributed by atoms with van der Waals surface area (Å²) in [4.78, 5) is 38.7. The quantitative estimate of drug-likeness (QED) is 0.466. The highest BCUT2D eigenvalue weighted by Crippen LogP contribution is 2.17. The predicted octanol–water partition coefficient (Wildman–Crippen LogP) is 4.05. The molecule has 0 fully saturated rings. The summed E-state index contributed by atoms with van der Waals surface area (Å²) in [6, 6.07) is 24.3. The van der Waals surface area contributed by atoms with Crippen molar-refractivity contribution in [2.75, 3.05) is 11.9 Å². The van der Waals surface area contributed by atoms with Crippen molar-refractivity contribution in [3.63, 3.8) is 0 Å². The van der Waals surface area contributed by atoms with Gasteiger partial charge in [-0.25, -0.2) is 0 Å². The topological polar surface area (TPSA) is 87.3 Å². The van der Waals surface area contributed by atoms with E-state index in [4.69, 9.17) is 0 Å². The van der Waals surface area contributed by atoms with Crippen LogP contribution in [0.15, 0.2) is 84.9 Å². The molecule has 0 radical (unpaired) electrons. The monoisotopic (exact) mass is 443 g/mol. The number of hydrogen-bond acceptors (Lipinski definition) is 3. The molecule has 0 bridgehead atoms. The number of rotatable bonds is 9. The smallest absolute Gasteiger partial charge is 0.255 e. The molecule has 170 valence electrons. The number of anilines is 1. The van der Waals surface area contributed by atoms with Gasteiger partial charge in [0.2, 0.25) is 5.91 Å². The summed E-state index contributed by atoms with van der Waals surface area (Å²) in [6.45, 7) is 4.54. The molecule has 0 unspecified atom stereocenters. The molecule has 3 N–H and O–H groups in total. The maximum Gasteiger partial charge on any atom is 0.255 e. The molecule has 0 aromatic heterocycles. The Hall–Kier alpha value is -3.93. The molecular formula is C27H29N3O3. The second kappa shape index (κ2) is 11.6. The summed E-state index contributed by atoms with van der Waals surface area (Å²) in [7, 11) is 0. The number of amides is 3. The van der Waals surface area contributed by atoms with Crippen LogP contribution in [-0.2, 0) is 11.2 Å². The summed E-state index contributed by atoms with van der Waals surface area (Å²) in [6.07, 6.45) is 0.356. The lowest BCUT2D eigenvalue weighted by molar-refractivity contribution is -0.123. The van der Waals surface area contributed by atoms with Gasteiger partial charge in [0.25, 0.3) is 11.8 Å². The molecule has 3 amide bonds. The van der Waals surface area contributed by atoms with Gasteiger partial charge in [0.05, 0.1) is 11.3 Å². The zero-order valence-electron chi connectivity index (χ0n) is 18.9. The molecule has 3 rings (SSSR count). The third kappa shape index (κ3) is 7.04. The van der Waals surface area contributed by atoms with Crippen LogP contribution < -0.4 is 16.0 Å². The molecule has 1 atom stereocenters. The van der Waals surface area contributed by atoms with Crippen molar-refractivity contribution < 1.29 is 14.4 Å². The second-order valence-electron chi connectivity index (χ2n) is 8.22. The zero-order valence-corrected chi connectivity index (χ0v) is 18.9. The van der Waals surface area contributed by atoms with Crippen LogP contribution in [0, 0.1) is 5.92 Å². The van der Waals surface area contributed by atoms with E-state index in [1.807, 2.05) is 50.2 Å². The van der Waals surface area contributed by atoms with Crippen LogP contribution in [0.2, 0.25) is 0 Å². The van der Waals surface area contributed by atoms with E-state index in [0.29, 0.717) is 24.2 Å². The molecule has 0 saturated heterocycles. The first-order chi connectivity index (χ1) is 15.9. The Morgan fingerprint density at radius 1 is 0.758 bits per heavy atom. The van der Waals surface area contributed by atoms with E-state index in [1.165, 1.54) is 0 Å². The van der Waals surface area contributed by atoms with Crippen molar-refractivity contribution >= 4 is 23.4 Å². The van der Waals surface area contributed by atoms with Gasteiger partial charge in [-0.3, -0.25) is 14.4 Å². The van der Waals surface area contributed by atoms with E-state index in [0.717, 1.165) is 5.56 Å². The fraction of sp³-hybridized carbons (Fsp3) is 0.222. The van der Waals surface area contributed by atoms with E-state index in [1.54, 1.807) is 48.5 Å². The lowest BCUT2D eigenvalue weighted by atomic mass is 10.0. The highest BCUT2D eigenvalue weighted by Gasteiger charge is 2.23. The van der Waals surface area contributed by atoms with E-state index < -0.39 is 11.9 Å². The molecule has 6 heteroatoms. The van der Waals surface area contributed by atoms with Crippen LogP contribution in [0.5, 0.6) is 0 Å². The second-order valence-corrected chi connectivity index (χ2v) is 8.22. The van der Waals surface area contributed by atoms with Crippen LogP contribution in [-0.4, -0.2) is 30.3 Å². The summed E-state index contributed by atoms with van der Waals surface area (Å²) in [5.41, 5.74) is 2.09. The predicted molar refractivity (Wildman–Crippen MR) is 130 cm³/mol. The molecule has 0 aliphatic heterocycles. The first-order valence-corrected chi connectivity index (χ1v) is 11.0. The van der Waals surface area contributed by atoms with Gasteiger partial charge >= 0.3 is 0 Å². The first-order valence-electron chi connectivity index (χ1n) is 11.0. The molecule has 3 aromatic carbocycles. The van der Waals surface area contributed by atoms with Crippen LogP contribution in [0.25, 0.3) is 0 Å². The van der Waals surface area contributed by atoms with Crippen molar-refractivity contribution in [1.29, 1.82) is 0 Å². The fourth-order valence-corrected chi connectivity index (χ4v) is 3.30. The largest absolute Gasteiger partial charge is 0.354 e. The standard InChI is InChI=1S/C27H29N3O3/c1-19(2)18-28-27(33)24(17-20-11-5-3-6-12-20)30-26(32)22-15-9-10-16-23(22)29-25(31)21-13-7-4-8-14-21/h3-16,19,24H,17-18H2,1-2H3,(H,28,33)(H,29,31)(H,30,32)/t24-/m1/s1. The van der Waals surface area contributed by atoms with Crippen molar-refractivity contribution in [3.8, 4) is 0 Å². The minimum atomic E-state index is -0.753. The fourth-order valence-electron chi connectivity index (χ4n) is 3.30. The molecule has 6 nitrogen and oxygen atoms in total. The maximum atomic E-state index is 13.2. The molecule has 0 heterocycles. The number of benzene rings is 3. The number of hydrogen-bond donors (Lipinski definition) is 3. The van der Waals surface area contributed by atoms with Gasteiger partial charge in [0, 0.05) is 18.5 Å². The van der Waals surface area contributed by atoms with E-state index >= 15 is 0 Å². The number of carbonyl (C=O) groups is 3. The minimum Gasteiger partial charge on any atom is -0.354 e. The Morgan fingerprint density at radius 3 is 2.03 bits per heavy atom. The highest BCUT2D eigenvalue weighted by atomic mass is 16.2. The van der Waals surface area contributed by atoms with Crippen LogP contribution in [0.4, 0.5) is 5.69 Å². The Kier molecular flexibility index (Phi) is 8.36. The number of nitrogens with one attached hydrogen (secondary N) is 3. The molecule has 0 saturated carbocycles. The van der Waals surface area contributed by atoms with E-state index in [-0.39, 0.29) is 23.3 Å². The Bertz CT molecular complexity index is 1080. The molecule has 3 aromatic rings. The van der Waals surface area contributed by atoms with Gasteiger partial charge in [-0.1, -0.05) is 74.5 Å². The van der Waals surface area contributed by atoms with Crippen LogP contribution in [0.3, 0.4) is 0 Å². The van der Waals surface area contributed by atoms with Gasteiger partial charge in [0.1, 0.15) is 6.04 Å². The summed E-state index contributed by atoms with van der Waals surface area (Å²) in [5, 5.41) is 8.56. The van der Waals surface area contributed by atoms with Crippen LogP contribution >= 0.6 is 0 Å². The Labute approximate surface area is 194 Å². The summed E-state index contributed by atoms with van der Waals surface area (Å²) < 4.78 is 0. The highest BCUT2D eigenvalue weighted by molar-refractivity contribution is 6.09. The molecule has 33 heavy (non-hydrogen) atoms. The molecule has 0 spiro atoms. The maximum absolute atomic E-state index is 13.2. The van der Waals surface area contributed by atoms with Crippen molar-refractivity contribution in [2.24, 2.45) is 5.92 Å². The molecule has 0 aliphatic rings. The Balaban J connectivity index is 1.78. The first kappa shape index (κ1) is 23.7. The normalized spacial score (nSPS) is 11.5. The van der Waals surface area contributed by atoms with Crippen LogP contribution in [0.1, 0.15) is 40.1 Å². The Morgan fingerprint density at radius 2 is 1.36 bits per heavy atom. The van der Waals surface area contributed by atoms with Crippen molar-refractivity contribution in [1.82, 2.24) is 10.6 Å². The van der Waals surface area contributed by atoms with Gasteiger partial charge in [-0.2, -0.15) is 0 Å². The van der Waals surface area contributed by atoms with Crippen molar-refractivity contribution in [2.45, 2.75) is 26.3 Å². The van der Waals surface area contributed by atoms with Gasteiger partial charge in [-0.15, -0.1) is 0 Å². The zero-order chi connectivity index (χ0) is 23.6.